The molecule has 0 radical (unpaired) electrons. The maximum Gasteiger partial charge on any atom is 0.142 e. The van der Waals surface area contributed by atoms with Crippen LogP contribution < -0.4 is 0 Å². The Labute approximate surface area is 118 Å². The third-order valence-corrected chi connectivity index (χ3v) is 5.54. The predicted molar refractivity (Wildman–Crippen MR) is 81.4 cm³/mol. The third-order valence-electron chi connectivity index (χ3n) is 2.34. The van der Waals surface area contributed by atoms with Crippen LogP contribution in [0.4, 0.5) is 0 Å². The topological polar surface area (TPSA) is 38.1 Å². The number of nitrogens with zero attached hydrogens (tertiary/aromatic N) is 3. The van der Waals surface area contributed by atoms with Crippen LogP contribution in [0.1, 0.15) is 5.69 Å². The van der Waals surface area contributed by atoms with Crippen LogP contribution in [0.15, 0.2) is 34.8 Å². The summed E-state index contributed by atoms with van der Waals surface area (Å²) in [6, 6.07) is 5.90. The maximum atomic E-state index is 4.61. The van der Waals surface area contributed by atoms with Gasteiger partial charge < -0.3 is 0 Å². The fraction of sp³-hybridized carbons (Fsp3) is 0.250. The second kappa shape index (κ2) is 5.86. The van der Waals surface area contributed by atoms with Crippen molar-refractivity contribution < 1.29 is 0 Å². The van der Waals surface area contributed by atoms with Gasteiger partial charge in [0, 0.05) is 23.1 Å². The number of thiazole rings is 1. The van der Waals surface area contributed by atoms with Gasteiger partial charge in [-0.2, -0.15) is 0 Å². The Bertz CT molecular complexity index is 551. The first-order chi connectivity index (χ1) is 8.92. The second-order valence-corrected chi connectivity index (χ2v) is 6.81. The van der Waals surface area contributed by atoms with Gasteiger partial charge in [-0.1, -0.05) is 29.6 Å². The van der Waals surface area contributed by atoms with E-state index in [0.29, 0.717) is 0 Å². The van der Waals surface area contributed by atoms with Crippen LogP contribution in [0.3, 0.4) is 0 Å². The Hall–Kier alpha value is -0.850. The summed E-state index contributed by atoms with van der Waals surface area (Å²) in [5.41, 5.74) is 2.06. The summed E-state index contributed by atoms with van der Waals surface area (Å²) in [5.74, 6) is 2.02. The van der Waals surface area contributed by atoms with Crippen molar-refractivity contribution in [1.82, 2.24) is 9.97 Å². The zero-order chi connectivity index (χ0) is 12.2. The lowest BCUT2D eigenvalue weighted by Crippen LogP contribution is -1.86. The van der Waals surface area contributed by atoms with Crippen LogP contribution in [0.2, 0.25) is 0 Å². The van der Waals surface area contributed by atoms with Gasteiger partial charge in [0.1, 0.15) is 9.38 Å². The van der Waals surface area contributed by atoms with Gasteiger partial charge in [0.15, 0.2) is 0 Å². The Morgan fingerprint density at radius 1 is 1.33 bits per heavy atom. The van der Waals surface area contributed by atoms with Gasteiger partial charge >= 0.3 is 0 Å². The van der Waals surface area contributed by atoms with Crippen molar-refractivity contribution >= 4 is 39.2 Å². The Morgan fingerprint density at radius 2 is 2.33 bits per heavy atom. The second-order valence-electron chi connectivity index (χ2n) is 3.64. The van der Waals surface area contributed by atoms with E-state index in [1.54, 1.807) is 29.3 Å². The smallest absolute Gasteiger partial charge is 0.142 e. The summed E-state index contributed by atoms with van der Waals surface area (Å²) >= 11 is 5.27. The number of rotatable bonds is 3. The van der Waals surface area contributed by atoms with E-state index in [-0.39, 0.29) is 0 Å². The quantitative estimate of drug-likeness (QED) is 0.867. The lowest BCUT2D eigenvalue weighted by molar-refractivity contribution is 1.18. The molecule has 0 aromatic carbocycles. The third kappa shape index (κ3) is 2.93. The number of thioether (sulfide) groups is 2. The molecule has 18 heavy (non-hydrogen) atoms. The Morgan fingerprint density at radius 3 is 3.11 bits per heavy atom. The van der Waals surface area contributed by atoms with Gasteiger partial charge in [-0.05, 0) is 12.1 Å². The summed E-state index contributed by atoms with van der Waals surface area (Å²) in [5, 5.41) is 3.10. The summed E-state index contributed by atoms with van der Waals surface area (Å²) < 4.78 is 1.20. The summed E-state index contributed by atoms with van der Waals surface area (Å²) in [4.78, 5) is 13.3. The molecule has 1 aliphatic rings. The monoisotopic (exact) mass is 293 g/mol. The first-order valence-electron chi connectivity index (χ1n) is 5.58. The van der Waals surface area contributed by atoms with Crippen molar-refractivity contribution in [2.24, 2.45) is 4.99 Å². The van der Waals surface area contributed by atoms with E-state index in [9.17, 15) is 0 Å². The minimum absolute atomic E-state index is 0.898. The van der Waals surface area contributed by atoms with Gasteiger partial charge in [0.2, 0.25) is 0 Å². The van der Waals surface area contributed by atoms with Crippen molar-refractivity contribution in [3.8, 4) is 10.7 Å². The highest BCUT2D eigenvalue weighted by Crippen LogP contribution is 2.27. The SMILES string of the molecule is c1ccc(-c2nc(CSC3=NCCS3)cs2)nc1. The molecular formula is C12H11N3S3. The van der Waals surface area contributed by atoms with E-state index in [0.717, 1.165) is 34.4 Å². The molecule has 0 unspecified atom stereocenters. The molecule has 6 heteroatoms. The lowest BCUT2D eigenvalue weighted by Gasteiger charge is -1.96. The molecule has 0 saturated carbocycles. The summed E-state index contributed by atoms with van der Waals surface area (Å²) in [6.45, 7) is 0.962. The molecule has 0 N–H and O–H groups in total. The zero-order valence-electron chi connectivity index (χ0n) is 9.57. The molecule has 2 aromatic rings. The molecule has 0 saturated heterocycles. The van der Waals surface area contributed by atoms with E-state index in [1.807, 2.05) is 30.0 Å². The normalized spacial score (nSPS) is 14.8. The van der Waals surface area contributed by atoms with Crippen molar-refractivity contribution in [3.05, 3.63) is 35.5 Å². The molecule has 2 aromatic heterocycles. The molecule has 3 heterocycles. The Kier molecular flexibility index (Phi) is 3.97. The molecular weight excluding hydrogens is 282 g/mol. The van der Waals surface area contributed by atoms with E-state index in [1.165, 1.54) is 4.38 Å². The van der Waals surface area contributed by atoms with Crippen molar-refractivity contribution in [2.75, 3.05) is 12.3 Å². The molecule has 0 aliphatic carbocycles. The van der Waals surface area contributed by atoms with Crippen LogP contribution in [0.25, 0.3) is 10.7 Å². The Balaban J connectivity index is 1.66. The largest absolute Gasteiger partial charge is 0.271 e. The van der Waals surface area contributed by atoms with Gasteiger partial charge in [-0.3, -0.25) is 9.98 Å². The fourth-order valence-electron chi connectivity index (χ4n) is 1.52. The number of pyridine rings is 1. The molecule has 3 nitrogen and oxygen atoms in total. The lowest BCUT2D eigenvalue weighted by atomic mass is 10.4. The van der Waals surface area contributed by atoms with Gasteiger partial charge in [-0.15, -0.1) is 11.3 Å². The van der Waals surface area contributed by atoms with Crippen LogP contribution in [-0.4, -0.2) is 26.6 Å². The van der Waals surface area contributed by atoms with Crippen molar-refractivity contribution in [1.29, 1.82) is 0 Å². The molecule has 0 amide bonds. The van der Waals surface area contributed by atoms with Gasteiger partial charge in [-0.25, -0.2) is 4.98 Å². The summed E-state index contributed by atoms with van der Waals surface area (Å²) in [7, 11) is 0. The van der Waals surface area contributed by atoms with E-state index in [2.05, 4.69) is 20.3 Å². The standard InChI is InChI=1S/C12H11N3S3/c1-2-4-13-10(3-1)11-15-9(7-17-11)8-18-12-14-5-6-16-12/h1-4,7H,5-6,8H2. The maximum absolute atomic E-state index is 4.61. The van der Waals surface area contributed by atoms with Crippen molar-refractivity contribution in [3.63, 3.8) is 0 Å². The number of hydrogen-bond acceptors (Lipinski definition) is 6. The van der Waals surface area contributed by atoms with E-state index in [4.69, 9.17) is 0 Å². The van der Waals surface area contributed by atoms with E-state index >= 15 is 0 Å². The average Bonchev–Trinajstić information content (AvgIpc) is 3.09. The number of aromatic nitrogens is 2. The number of aliphatic imine (C=N–C) groups is 1. The zero-order valence-corrected chi connectivity index (χ0v) is 12.0. The highest BCUT2D eigenvalue weighted by Gasteiger charge is 2.10. The van der Waals surface area contributed by atoms with Crippen LogP contribution in [-0.2, 0) is 5.75 Å². The van der Waals surface area contributed by atoms with Crippen LogP contribution >= 0.6 is 34.9 Å². The van der Waals surface area contributed by atoms with Crippen LogP contribution in [0.5, 0.6) is 0 Å². The van der Waals surface area contributed by atoms with E-state index < -0.39 is 0 Å². The first-order valence-corrected chi connectivity index (χ1v) is 8.43. The molecule has 92 valence electrons. The number of hydrogen-bond donors (Lipinski definition) is 0. The molecule has 1 aliphatic heterocycles. The molecule has 0 spiro atoms. The van der Waals surface area contributed by atoms with Gasteiger partial charge in [0.05, 0.1) is 17.9 Å². The fourth-order valence-corrected chi connectivity index (χ4v) is 4.32. The highest BCUT2D eigenvalue weighted by molar-refractivity contribution is 8.38. The molecule has 0 atom stereocenters. The van der Waals surface area contributed by atoms with Crippen LogP contribution in [0, 0.1) is 0 Å². The highest BCUT2D eigenvalue weighted by atomic mass is 32.2. The van der Waals surface area contributed by atoms with Crippen molar-refractivity contribution in [2.45, 2.75) is 5.75 Å². The molecule has 0 fully saturated rings. The minimum Gasteiger partial charge on any atom is -0.271 e. The average molecular weight is 293 g/mol. The molecule has 3 rings (SSSR count). The predicted octanol–water partition coefficient (Wildman–Crippen LogP) is 3.54. The first kappa shape index (κ1) is 12.2. The summed E-state index contributed by atoms with van der Waals surface area (Å²) in [6.07, 6.45) is 1.80. The van der Waals surface area contributed by atoms with Gasteiger partial charge in [0.25, 0.3) is 0 Å². The molecule has 0 bridgehead atoms. The minimum atomic E-state index is 0.898.